The Kier molecular flexibility index (Phi) is 13.8. The molecule has 0 aliphatic carbocycles. The number of carbonyl (C=O) groups excluding carboxylic acids is 3. The van der Waals surface area contributed by atoms with E-state index in [0.717, 1.165) is 11.1 Å². The highest BCUT2D eigenvalue weighted by atomic mass is 32.2. The fraction of sp³-hybridized carbons (Fsp3) is 0.353. The Balaban J connectivity index is 1.67. The van der Waals surface area contributed by atoms with Gasteiger partial charge in [0.25, 0.3) is 10.0 Å². The average molecular weight is 682 g/mol. The topological polar surface area (TPSA) is 188 Å². The molecule has 2 amide bonds. The van der Waals surface area contributed by atoms with E-state index in [2.05, 4.69) is 20.3 Å². The van der Waals surface area contributed by atoms with Crippen LogP contribution in [0.25, 0.3) is 0 Å². The molecule has 0 radical (unpaired) electrons. The van der Waals surface area contributed by atoms with Gasteiger partial charge in [0.1, 0.15) is 30.0 Å². The van der Waals surface area contributed by atoms with E-state index in [4.69, 9.17) is 19.9 Å². The number of guanidine groups is 1. The zero-order chi connectivity index (χ0) is 35.2. The first-order valence-corrected chi connectivity index (χ1v) is 16.8. The van der Waals surface area contributed by atoms with Crippen molar-refractivity contribution in [2.75, 3.05) is 13.7 Å². The summed E-state index contributed by atoms with van der Waals surface area (Å²) in [7, 11) is -2.53. The molecule has 1 unspecified atom stereocenters. The number of urea groups is 1. The van der Waals surface area contributed by atoms with E-state index < -0.39 is 45.7 Å². The van der Waals surface area contributed by atoms with Gasteiger partial charge in [-0.1, -0.05) is 60.7 Å². The van der Waals surface area contributed by atoms with E-state index in [0.29, 0.717) is 5.75 Å². The van der Waals surface area contributed by atoms with E-state index in [9.17, 15) is 22.8 Å². The number of benzene rings is 3. The van der Waals surface area contributed by atoms with Gasteiger partial charge in [0.15, 0.2) is 0 Å². The lowest BCUT2D eigenvalue weighted by Crippen LogP contribution is -2.53. The smallest absolute Gasteiger partial charge is 0.329 e. The molecule has 48 heavy (non-hydrogen) atoms. The molecule has 0 fully saturated rings. The highest BCUT2D eigenvalue weighted by molar-refractivity contribution is 7.90. The number of rotatable bonds is 15. The van der Waals surface area contributed by atoms with Crippen LogP contribution in [0.2, 0.25) is 0 Å². The molecule has 5 N–H and O–H groups in total. The van der Waals surface area contributed by atoms with Gasteiger partial charge in [-0.25, -0.2) is 27.5 Å². The summed E-state index contributed by atoms with van der Waals surface area (Å²) in [6.07, 6.45) is 0.446. The molecule has 3 rings (SSSR count). The first-order valence-electron chi connectivity index (χ1n) is 15.3. The number of hydrogen-bond acceptors (Lipinski definition) is 9. The van der Waals surface area contributed by atoms with Crippen LogP contribution in [0.1, 0.15) is 44.7 Å². The number of nitrogens with zero attached hydrogens (tertiary/aromatic N) is 1. The largest absolute Gasteiger partial charge is 0.497 e. The molecular weight excluding hydrogens is 638 g/mol. The minimum atomic E-state index is -3.99. The monoisotopic (exact) mass is 681 g/mol. The van der Waals surface area contributed by atoms with Gasteiger partial charge in [0.05, 0.1) is 12.0 Å². The molecule has 3 aromatic rings. The van der Waals surface area contributed by atoms with Gasteiger partial charge in [-0.3, -0.25) is 4.99 Å². The highest BCUT2D eigenvalue weighted by Gasteiger charge is 2.29. The molecule has 0 heterocycles. The van der Waals surface area contributed by atoms with Gasteiger partial charge < -0.3 is 30.6 Å². The average Bonchev–Trinajstić information content (AvgIpc) is 3.04. The second-order valence-corrected chi connectivity index (χ2v) is 13.4. The molecule has 14 heteroatoms. The maximum absolute atomic E-state index is 13.2. The van der Waals surface area contributed by atoms with E-state index in [-0.39, 0.29) is 43.3 Å². The molecule has 258 valence electrons. The van der Waals surface area contributed by atoms with Crippen molar-refractivity contribution in [1.82, 2.24) is 15.4 Å². The third-order valence-corrected chi connectivity index (χ3v) is 8.01. The maximum Gasteiger partial charge on any atom is 0.329 e. The van der Waals surface area contributed by atoms with Gasteiger partial charge in [-0.2, -0.15) is 0 Å². The molecule has 0 aliphatic heterocycles. The van der Waals surface area contributed by atoms with E-state index >= 15 is 0 Å². The van der Waals surface area contributed by atoms with Crippen molar-refractivity contribution in [2.24, 2.45) is 10.7 Å². The molecule has 0 spiro atoms. The van der Waals surface area contributed by atoms with Crippen LogP contribution < -0.4 is 25.8 Å². The van der Waals surface area contributed by atoms with E-state index in [1.165, 1.54) is 31.4 Å². The van der Waals surface area contributed by atoms with E-state index in [1.807, 2.05) is 36.4 Å². The minimum absolute atomic E-state index is 0.0216. The molecule has 0 saturated carbocycles. The van der Waals surface area contributed by atoms with Gasteiger partial charge in [0, 0.05) is 13.0 Å². The molecule has 0 aliphatic rings. The number of sulfonamides is 1. The van der Waals surface area contributed by atoms with Crippen molar-refractivity contribution in [3.63, 3.8) is 0 Å². The van der Waals surface area contributed by atoms with Crippen LogP contribution >= 0.6 is 0 Å². The molecule has 3 aromatic carbocycles. The summed E-state index contributed by atoms with van der Waals surface area (Å²) in [6, 6.07) is 20.9. The number of carbonyl (C=O) groups is 3. The minimum Gasteiger partial charge on any atom is -0.497 e. The summed E-state index contributed by atoms with van der Waals surface area (Å²) in [5.41, 5.74) is 6.59. The van der Waals surface area contributed by atoms with Crippen molar-refractivity contribution in [3.8, 4) is 5.75 Å². The predicted octanol–water partition coefficient (Wildman–Crippen LogP) is 3.43. The van der Waals surface area contributed by atoms with Crippen LogP contribution in [0.15, 0.2) is 94.8 Å². The van der Waals surface area contributed by atoms with Crippen molar-refractivity contribution in [2.45, 2.75) is 69.2 Å². The number of hydrogen-bond donors (Lipinski definition) is 4. The SMILES string of the molecule is COc1ccc(S(=O)(=O)NC(N)=NCCC[C@H](NC(=O)NC(Cc2ccccc2)C(=O)OC(C)(C)C)C(=O)OCc2ccccc2)cc1. The molecule has 0 bridgehead atoms. The summed E-state index contributed by atoms with van der Waals surface area (Å²) >= 11 is 0. The van der Waals surface area contributed by atoms with Gasteiger partial charge >= 0.3 is 18.0 Å². The quantitative estimate of drug-likeness (QED) is 0.0807. The van der Waals surface area contributed by atoms with Crippen LogP contribution in [-0.4, -0.2) is 63.7 Å². The van der Waals surface area contributed by atoms with Crippen LogP contribution in [0.4, 0.5) is 4.79 Å². The lowest BCUT2D eigenvalue weighted by atomic mass is 10.1. The zero-order valence-electron chi connectivity index (χ0n) is 27.5. The van der Waals surface area contributed by atoms with Crippen molar-refractivity contribution >= 4 is 34.0 Å². The maximum atomic E-state index is 13.2. The lowest BCUT2D eigenvalue weighted by molar-refractivity contribution is -0.157. The summed E-state index contributed by atoms with van der Waals surface area (Å²) in [6.45, 7) is 5.18. The number of nitrogens with one attached hydrogen (secondary N) is 3. The Labute approximate surface area is 281 Å². The Morgan fingerprint density at radius 2 is 1.42 bits per heavy atom. The Morgan fingerprint density at radius 3 is 2.00 bits per heavy atom. The van der Waals surface area contributed by atoms with Crippen molar-refractivity contribution < 1.29 is 37.0 Å². The zero-order valence-corrected chi connectivity index (χ0v) is 28.3. The standard InChI is InChI=1S/C34H43N5O8S/c1-34(2,3)47-31(41)29(22-24-12-7-5-8-13-24)38-33(42)37-28(30(40)46-23-25-14-9-6-10-15-25)16-11-21-36-32(35)39-48(43,44)27-19-17-26(45-4)18-20-27/h5-10,12-15,17-20,28-29H,11,16,21-23H2,1-4H3,(H3,35,36,39)(H2,37,38,42)/t28-,29?/m0/s1. The fourth-order valence-corrected chi connectivity index (χ4v) is 5.28. The van der Waals surface area contributed by atoms with Crippen LogP contribution in [0.5, 0.6) is 5.75 Å². The predicted molar refractivity (Wildman–Crippen MR) is 181 cm³/mol. The number of amides is 2. The van der Waals surface area contributed by atoms with E-state index in [1.54, 1.807) is 45.0 Å². The third-order valence-electron chi connectivity index (χ3n) is 6.63. The van der Waals surface area contributed by atoms with Gasteiger partial charge in [0.2, 0.25) is 5.96 Å². The number of methoxy groups -OCH3 is 1. The Morgan fingerprint density at radius 1 is 0.833 bits per heavy atom. The first-order chi connectivity index (χ1) is 22.8. The molecule has 0 saturated heterocycles. The van der Waals surface area contributed by atoms with Gasteiger partial charge in [-0.05, 0) is 69.0 Å². The number of nitrogens with two attached hydrogens (primary N) is 1. The molecule has 13 nitrogen and oxygen atoms in total. The van der Waals surface area contributed by atoms with Crippen molar-refractivity contribution in [3.05, 3.63) is 96.1 Å². The van der Waals surface area contributed by atoms with Crippen LogP contribution in [-0.2, 0) is 42.1 Å². The molecule has 0 aromatic heterocycles. The molecule has 2 atom stereocenters. The normalized spacial score (nSPS) is 13.0. The number of ether oxygens (including phenoxy) is 3. The summed E-state index contributed by atoms with van der Waals surface area (Å²) in [4.78, 5) is 43.4. The highest BCUT2D eigenvalue weighted by Crippen LogP contribution is 2.15. The molecular formula is C34H43N5O8S. The number of aliphatic imine (C=N–C) groups is 1. The summed E-state index contributed by atoms with van der Waals surface area (Å²) < 4.78 is 43.6. The summed E-state index contributed by atoms with van der Waals surface area (Å²) in [5, 5.41) is 5.25. The Hall–Kier alpha value is -5.11. The Bertz CT molecular complexity index is 1630. The first kappa shape index (κ1) is 37.3. The summed E-state index contributed by atoms with van der Waals surface area (Å²) in [5.74, 6) is -1.19. The third kappa shape index (κ3) is 12.9. The van der Waals surface area contributed by atoms with Crippen LogP contribution in [0, 0.1) is 0 Å². The van der Waals surface area contributed by atoms with Crippen LogP contribution in [0.3, 0.4) is 0 Å². The van der Waals surface area contributed by atoms with Crippen molar-refractivity contribution in [1.29, 1.82) is 0 Å². The van der Waals surface area contributed by atoms with Gasteiger partial charge in [-0.15, -0.1) is 0 Å². The second kappa shape index (κ2) is 17.7. The second-order valence-electron chi connectivity index (χ2n) is 11.7. The number of esters is 2. The fourth-order valence-electron chi connectivity index (χ4n) is 4.33. The lowest BCUT2D eigenvalue weighted by Gasteiger charge is -2.25.